The zero-order valence-electron chi connectivity index (χ0n) is 34.1. The molecule has 0 amide bonds. The van der Waals surface area contributed by atoms with Crippen LogP contribution >= 0.6 is 0 Å². The topological polar surface area (TPSA) is 19.0 Å². The first-order valence-electron chi connectivity index (χ1n) is 21.3. The molecule has 2 aliphatic carbocycles. The van der Waals surface area contributed by atoms with Crippen molar-refractivity contribution in [3.8, 4) is 11.5 Å². The number of nitrogens with zero attached hydrogens (tertiary/aromatic N) is 3. The van der Waals surface area contributed by atoms with Crippen LogP contribution in [0, 0.1) is 0 Å². The van der Waals surface area contributed by atoms with Crippen molar-refractivity contribution in [2.75, 3.05) is 14.7 Å². The van der Waals surface area contributed by atoms with E-state index in [1.165, 1.54) is 94.4 Å². The fourth-order valence-corrected chi connectivity index (χ4v) is 12.3. The van der Waals surface area contributed by atoms with Crippen molar-refractivity contribution in [3.63, 3.8) is 0 Å². The Morgan fingerprint density at radius 1 is 0.491 bits per heavy atom. The molecule has 0 radical (unpaired) electrons. The molecule has 282 valence electrons. The zero-order chi connectivity index (χ0) is 38.6. The molecule has 4 heterocycles. The van der Waals surface area contributed by atoms with Gasteiger partial charge >= 0.3 is 0 Å². The summed E-state index contributed by atoms with van der Waals surface area (Å²) in [6, 6.07) is 46.1. The lowest BCUT2D eigenvalue weighted by atomic mass is 9.33. The van der Waals surface area contributed by atoms with Gasteiger partial charge in [0.05, 0.1) is 16.9 Å². The van der Waals surface area contributed by atoms with Crippen LogP contribution in [0.2, 0.25) is 0 Å². The lowest BCUT2D eigenvalue weighted by Gasteiger charge is -2.52. The summed E-state index contributed by atoms with van der Waals surface area (Å²) >= 11 is 0. The second kappa shape index (κ2) is 11.2. The second-order valence-corrected chi connectivity index (χ2v) is 19.5. The third kappa shape index (κ3) is 4.25. The van der Waals surface area contributed by atoms with E-state index in [1.807, 2.05) is 0 Å². The van der Waals surface area contributed by atoms with Gasteiger partial charge in [-0.3, -0.25) is 0 Å². The molecule has 6 aliphatic rings. The van der Waals surface area contributed by atoms with E-state index in [0.29, 0.717) is 0 Å². The molecular formula is C52H50BN3O. The summed E-state index contributed by atoms with van der Waals surface area (Å²) in [6.07, 6.45) is 7.32. The van der Waals surface area contributed by atoms with Crippen LogP contribution in [0.4, 0.5) is 45.5 Å². The van der Waals surface area contributed by atoms with Crippen molar-refractivity contribution in [1.29, 1.82) is 0 Å². The fraction of sp³-hybridized carbons (Fsp3) is 0.308. The largest absolute Gasteiger partial charge is 0.453 e. The number of rotatable bonds is 1. The van der Waals surface area contributed by atoms with Crippen molar-refractivity contribution in [2.24, 2.45) is 0 Å². The summed E-state index contributed by atoms with van der Waals surface area (Å²) in [6.45, 7) is 14.9. The van der Waals surface area contributed by atoms with E-state index >= 15 is 0 Å². The van der Waals surface area contributed by atoms with Crippen LogP contribution in [0.15, 0.2) is 121 Å². The van der Waals surface area contributed by atoms with Crippen molar-refractivity contribution in [3.05, 3.63) is 138 Å². The molecule has 6 aromatic carbocycles. The molecule has 0 aromatic heterocycles. The van der Waals surface area contributed by atoms with Gasteiger partial charge in [0.15, 0.2) is 11.5 Å². The van der Waals surface area contributed by atoms with Gasteiger partial charge in [0.1, 0.15) is 0 Å². The lowest BCUT2D eigenvalue weighted by molar-refractivity contribution is 0.195. The average Bonchev–Trinajstić information content (AvgIpc) is 3.43. The van der Waals surface area contributed by atoms with Gasteiger partial charge < -0.3 is 19.4 Å². The Balaban J connectivity index is 1.15. The summed E-state index contributed by atoms with van der Waals surface area (Å²) in [5, 5.41) is 0. The number of hydrogen-bond donors (Lipinski definition) is 0. The van der Waals surface area contributed by atoms with Crippen LogP contribution in [0.25, 0.3) is 0 Å². The lowest BCUT2D eigenvalue weighted by Crippen LogP contribution is -2.64. The zero-order valence-corrected chi connectivity index (χ0v) is 34.1. The predicted octanol–water partition coefficient (Wildman–Crippen LogP) is 12.0. The highest BCUT2D eigenvalue weighted by atomic mass is 16.5. The number of hydrogen-bond acceptors (Lipinski definition) is 4. The quantitative estimate of drug-likeness (QED) is 0.156. The molecule has 4 aliphatic heterocycles. The summed E-state index contributed by atoms with van der Waals surface area (Å²) < 4.78 is 7.18. The second-order valence-electron chi connectivity index (χ2n) is 19.5. The van der Waals surface area contributed by atoms with Gasteiger partial charge in [0.25, 0.3) is 6.71 Å². The molecule has 2 atom stereocenters. The maximum Gasteiger partial charge on any atom is 0.252 e. The Hall–Kier alpha value is -5.42. The molecule has 0 saturated heterocycles. The molecule has 57 heavy (non-hydrogen) atoms. The normalized spacial score (nSPS) is 23.6. The minimum atomic E-state index is 0.00344. The number of benzene rings is 6. The number of fused-ring (bicyclic) bond motifs is 13. The summed E-state index contributed by atoms with van der Waals surface area (Å²) in [7, 11) is 0. The van der Waals surface area contributed by atoms with Crippen LogP contribution < -0.4 is 35.8 Å². The van der Waals surface area contributed by atoms with Crippen molar-refractivity contribution in [2.45, 2.75) is 102 Å². The molecule has 0 N–H and O–H groups in total. The van der Waals surface area contributed by atoms with Crippen molar-refractivity contribution >= 4 is 68.6 Å². The maximum absolute atomic E-state index is 7.18. The molecule has 2 bridgehead atoms. The van der Waals surface area contributed by atoms with Crippen LogP contribution in [0.3, 0.4) is 0 Å². The fourth-order valence-electron chi connectivity index (χ4n) is 12.3. The number of anilines is 8. The summed E-state index contributed by atoms with van der Waals surface area (Å²) in [4.78, 5) is 7.77. The molecular weight excluding hydrogens is 693 g/mol. The minimum absolute atomic E-state index is 0.00344. The monoisotopic (exact) mass is 743 g/mol. The Morgan fingerprint density at radius 2 is 1.09 bits per heavy atom. The highest BCUT2D eigenvalue weighted by Gasteiger charge is 2.61. The standard InChI is InChI=1S/C52H50BN3O/c1-49(2)29-30-50(3,4)37-31-33(21-23-35(37)49)54-34-22-25-39-44(32-34)55(42-18-10-12-20-46(42)57-45-19-11-9-17-41(45)54)43-26-24-36-48-47(43)53(39)38-15-7-8-16-40(38)56(48)52(6)28-14-13-27-51(36,52)5/h7-12,15-26,31-32H,13-14,27-30H2,1-6H3. The summed E-state index contributed by atoms with van der Waals surface area (Å²) in [5.41, 5.74) is 18.6. The minimum Gasteiger partial charge on any atom is -0.453 e. The smallest absolute Gasteiger partial charge is 0.252 e. The van der Waals surface area contributed by atoms with E-state index in [-0.39, 0.29) is 28.5 Å². The van der Waals surface area contributed by atoms with Crippen LogP contribution in [0.5, 0.6) is 11.5 Å². The Kier molecular flexibility index (Phi) is 6.60. The first-order valence-corrected chi connectivity index (χ1v) is 21.3. The van der Waals surface area contributed by atoms with Crippen LogP contribution in [-0.4, -0.2) is 12.3 Å². The van der Waals surface area contributed by atoms with Crippen molar-refractivity contribution in [1.82, 2.24) is 0 Å². The molecule has 12 rings (SSSR count). The average molecular weight is 744 g/mol. The Bertz CT molecular complexity index is 2720. The van der Waals surface area contributed by atoms with Gasteiger partial charge in [0.2, 0.25) is 0 Å². The van der Waals surface area contributed by atoms with E-state index in [0.717, 1.165) is 34.2 Å². The van der Waals surface area contributed by atoms with Crippen LogP contribution in [0.1, 0.15) is 96.8 Å². The molecule has 1 saturated carbocycles. The molecule has 2 unspecified atom stereocenters. The van der Waals surface area contributed by atoms with E-state index in [2.05, 4.69) is 178 Å². The van der Waals surface area contributed by atoms with E-state index in [9.17, 15) is 0 Å². The first-order chi connectivity index (χ1) is 27.5. The third-order valence-corrected chi connectivity index (χ3v) is 15.7. The van der Waals surface area contributed by atoms with Gasteiger partial charge in [-0.2, -0.15) is 0 Å². The highest BCUT2D eigenvalue weighted by molar-refractivity contribution is 7.00. The Morgan fingerprint density at radius 3 is 1.86 bits per heavy atom. The first kappa shape index (κ1) is 33.7. The Labute approximate surface area is 338 Å². The molecule has 0 spiro atoms. The van der Waals surface area contributed by atoms with Gasteiger partial charge in [-0.05, 0) is 137 Å². The number of ether oxygens (including phenoxy) is 1. The van der Waals surface area contributed by atoms with E-state index < -0.39 is 0 Å². The van der Waals surface area contributed by atoms with Gasteiger partial charge in [-0.15, -0.1) is 0 Å². The SMILES string of the molecule is CC1(C)CCC(C)(C)c2cc(N3c4ccc5c(c4)N(c4ccccc4Oc4ccccc43)c3ccc4c6c3B5c3ccccc3N6C3(C)CCCCC43C)ccc21. The molecule has 5 heteroatoms. The highest BCUT2D eigenvalue weighted by Crippen LogP contribution is 2.62. The number of para-hydroxylation sites is 5. The van der Waals surface area contributed by atoms with Crippen molar-refractivity contribution < 1.29 is 4.74 Å². The maximum atomic E-state index is 7.18. The molecule has 1 fully saturated rings. The van der Waals surface area contributed by atoms with Gasteiger partial charge in [-0.25, -0.2) is 0 Å². The van der Waals surface area contributed by atoms with Crippen LogP contribution in [-0.2, 0) is 16.2 Å². The summed E-state index contributed by atoms with van der Waals surface area (Å²) in [5.74, 6) is 1.69. The molecule has 6 aromatic rings. The van der Waals surface area contributed by atoms with Gasteiger partial charge in [0, 0.05) is 39.5 Å². The predicted molar refractivity (Wildman–Crippen MR) is 239 cm³/mol. The molecule has 4 nitrogen and oxygen atoms in total. The van der Waals surface area contributed by atoms with Gasteiger partial charge in [-0.1, -0.05) is 108 Å². The third-order valence-electron chi connectivity index (χ3n) is 15.7. The van der Waals surface area contributed by atoms with E-state index in [1.54, 1.807) is 0 Å². The van der Waals surface area contributed by atoms with E-state index in [4.69, 9.17) is 4.74 Å².